The first-order chi connectivity index (χ1) is 6.59. The fraction of sp³-hybridized carbons (Fsp3) is 0.222. The lowest BCUT2D eigenvalue weighted by molar-refractivity contribution is -0.519. The Labute approximate surface area is 81.6 Å². The molecule has 0 amide bonds. The highest BCUT2D eigenvalue weighted by Gasteiger charge is 2.04. The summed E-state index contributed by atoms with van der Waals surface area (Å²) in [6, 6.07) is 5.54. The van der Waals surface area contributed by atoms with Gasteiger partial charge in [0, 0.05) is 18.7 Å². The fourth-order valence-corrected chi connectivity index (χ4v) is 0.924. The fourth-order valence-electron chi connectivity index (χ4n) is 0.924. The largest absolute Gasteiger partial charge is 0.295 e. The molecule has 0 aromatic carbocycles. The molecule has 0 aliphatic heterocycles. The molecule has 0 saturated carbocycles. The summed E-state index contributed by atoms with van der Waals surface area (Å²) < 4.78 is 0. The maximum absolute atomic E-state index is 10.3. The maximum Gasteiger partial charge on any atom is 0.295 e. The standard InChI is InChI=1S/C9H11N3O2/c1-7-4-3-5-9(11-7)10-6-8(2)12(13)14/h3-6H,1-2H3,(H,10,11)/p+1/b8-6+. The topological polar surface area (TPSA) is 72.6 Å². The second-order valence-corrected chi connectivity index (χ2v) is 2.94. The van der Waals surface area contributed by atoms with E-state index in [4.69, 9.17) is 0 Å². The Kier molecular flexibility index (Phi) is 3.30. The van der Waals surface area contributed by atoms with Crippen LogP contribution in [0.2, 0.25) is 0 Å². The van der Waals surface area contributed by atoms with Crippen molar-refractivity contribution in [3.63, 3.8) is 0 Å². The number of hydrogen-bond acceptors (Lipinski definition) is 3. The van der Waals surface area contributed by atoms with Crippen LogP contribution in [0.3, 0.4) is 0 Å². The molecular weight excluding hydrogens is 182 g/mol. The van der Waals surface area contributed by atoms with Crippen LogP contribution in [0.15, 0.2) is 30.1 Å². The van der Waals surface area contributed by atoms with E-state index in [9.17, 15) is 10.1 Å². The van der Waals surface area contributed by atoms with Crippen LogP contribution in [-0.4, -0.2) is 9.91 Å². The third-order valence-electron chi connectivity index (χ3n) is 1.69. The zero-order valence-electron chi connectivity index (χ0n) is 8.10. The summed E-state index contributed by atoms with van der Waals surface area (Å²) in [6.07, 6.45) is 1.45. The molecule has 0 spiro atoms. The van der Waals surface area contributed by atoms with E-state index in [0.717, 1.165) is 11.5 Å². The summed E-state index contributed by atoms with van der Waals surface area (Å²) in [4.78, 5) is 14.0. The van der Waals surface area contributed by atoms with E-state index < -0.39 is 4.92 Å². The van der Waals surface area contributed by atoms with Gasteiger partial charge >= 0.3 is 0 Å². The van der Waals surface area contributed by atoms with Gasteiger partial charge in [-0.05, 0) is 13.0 Å². The second kappa shape index (κ2) is 4.48. The Bertz CT molecular complexity index is 374. The van der Waals surface area contributed by atoms with E-state index in [1.54, 1.807) is 11.4 Å². The molecule has 74 valence electrons. The summed E-state index contributed by atoms with van der Waals surface area (Å²) in [6.45, 7) is 3.33. The number of quaternary nitrogens is 1. The smallest absolute Gasteiger partial charge is 0.266 e. The lowest BCUT2D eigenvalue weighted by atomic mass is 10.4. The molecule has 0 fully saturated rings. The molecule has 0 radical (unpaired) electrons. The van der Waals surface area contributed by atoms with Crippen LogP contribution in [-0.2, 0) is 0 Å². The van der Waals surface area contributed by atoms with Crippen LogP contribution in [0.25, 0.3) is 0 Å². The zero-order valence-corrected chi connectivity index (χ0v) is 8.10. The monoisotopic (exact) mass is 194 g/mol. The first kappa shape index (κ1) is 10.3. The molecule has 0 saturated heterocycles. The summed E-state index contributed by atoms with van der Waals surface area (Å²) in [5, 5.41) is 11.9. The van der Waals surface area contributed by atoms with E-state index in [1.807, 2.05) is 19.1 Å². The Morgan fingerprint density at radius 1 is 1.64 bits per heavy atom. The molecule has 0 bridgehead atoms. The first-order valence-corrected chi connectivity index (χ1v) is 4.19. The molecule has 1 rings (SSSR count). The summed E-state index contributed by atoms with van der Waals surface area (Å²) in [5.74, 6) is 0.728. The number of nitrogens with zero attached hydrogens (tertiary/aromatic N) is 2. The van der Waals surface area contributed by atoms with Gasteiger partial charge in [-0.3, -0.25) is 15.4 Å². The molecule has 0 unspecified atom stereocenters. The minimum atomic E-state index is -0.424. The normalized spacial score (nSPS) is 11.4. The van der Waals surface area contributed by atoms with Crippen molar-refractivity contribution >= 4 is 5.82 Å². The summed E-state index contributed by atoms with van der Waals surface area (Å²) in [5.41, 5.74) is 0.999. The number of hydrogen-bond donors (Lipinski definition) is 1. The molecule has 1 aromatic rings. The highest BCUT2D eigenvalue weighted by Crippen LogP contribution is 1.97. The minimum absolute atomic E-state index is 0.105. The van der Waals surface area contributed by atoms with Gasteiger partial charge in [-0.25, -0.2) is 4.98 Å². The number of rotatable bonds is 3. The molecule has 5 nitrogen and oxygen atoms in total. The molecule has 1 heterocycles. The molecule has 2 N–H and O–H groups in total. The second-order valence-electron chi connectivity index (χ2n) is 2.94. The highest BCUT2D eigenvalue weighted by molar-refractivity contribution is 5.19. The zero-order chi connectivity index (χ0) is 10.6. The van der Waals surface area contributed by atoms with E-state index >= 15 is 0 Å². The Balaban J connectivity index is 2.71. The van der Waals surface area contributed by atoms with Crippen LogP contribution in [0.1, 0.15) is 12.6 Å². The lowest BCUT2D eigenvalue weighted by Gasteiger charge is -1.94. The van der Waals surface area contributed by atoms with Crippen molar-refractivity contribution in [2.75, 3.05) is 0 Å². The summed E-state index contributed by atoms with van der Waals surface area (Å²) in [7, 11) is 0. The van der Waals surface area contributed by atoms with E-state index in [1.165, 1.54) is 13.1 Å². The number of aromatic nitrogens is 1. The van der Waals surface area contributed by atoms with Crippen LogP contribution < -0.4 is 5.32 Å². The number of nitrogens with two attached hydrogens (primary N) is 1. The molecule has 0 atom stereocenters. The average molecular weight is 194 g/mol. The Morgan fingerprint density at radius 3 is 2.93 bits per heavy atom. The van der Waals surface area contributed by atoms with E-state index in [2.05, 4.69) is 4.98 Å². The first-order valence-electron chi connectivity index (χ1n) is 4.19. The Hall–Kier alpha value is -1.75. The number of allylic oxidation sites excluding steroid dienone is 1. The van der Waals surface area contributed by atoms with Crippen LogP contribution in [0, 0.1) is 17.0 Å². The van der Waals surface area contributed by atoms with Gasteiger partial charge in [-0.1, -0.05) is 6.07 Å². The Morgan fingerprint density at radius 2 is 2.36 bits per heavy atom. The van der Waals surface area contributed by atoms with Crippen molar-refractivity contribution in [1.82, 2.24) is 4.98 Å². The van der Waals surface area contributed by atoms with Gasteiger partial charge in [-0.2, -0.15) is 0 Å². The molecule has 0 aliphatic carbocycles. The summed E-state index contributed by atoms with van der Waals surface area (Å²) >= 11 is 0. The molecule has 0 aliphatic rings. The molecular formula is C9H12N3O2+. The number of nitro groups is 1. The van der Waals surface area contributed by atoms with Gasteiger partial charge in [0.2, 0.25) is 5.82 Å². The quantitative estimate of drug-likeness (QED) is 0.569. The number of pyridine rings is 1. The SMILES string of the molecule is C/C(=C\[NH2+]c1cccc(C)n1)[N+](=O)[O-]. The van der Waals surface area contributed by atoms with Gasteiger partial charge in [0.1, 0.15) is 0 Å². The van der Waals surface area contributed by atoms with E-state index in [-0.39, 0.29) is 5.70 Å². The van der Waals surface area contributed by atoms with Crippen LogP contribution in [0.4, 0.5) is 5.82 Å². The van der Waals surface area contributed by atoms with Crippen molar-refractivity contribution in [2.24, 2.45) is 0 Å². The van der Waals surface area contributed by atoms with Crippen molar-refractivity contribution in [2.45, 2.75) is 13.8 Å². The van der Waals surface area contributed by atoms with Crippen molar-refractivity contribution < 1.29 is 10.2 Å². The highest BCUT2D eigenvalue weighted by atomic mass is 16.6. The van der Waals surface area contributed by atoms with Gasteiger partial charge < -0.3 is 0 Å². The van der Waals surface area contributed by atoms with Crippen LogP contribution in [0.5, 0.6) is 0 Å². The van der Waals surface area contributed by atoms with Crippen molar-refractivity contribution in [1.29, 1.82) is 0 Å². The predicted octanol–water partition coefficient (Wildman–Crippen LogP) is 0.723. The van der Waals surface area contributed by atoms with Gasteiger partial charge in [0.15, 0.2) is 6.20 Å². The predicted molar refractivity (Wildman–Crippen MR) is 51.3 cm³/mol. The van der Waals surface area contributed by atoms with Gasteiger partial charge in [-0.15, -0.1) is 0 Å². The average Bonchev–Trinajstić information content (AvgIpc) is 2.14. The van der Waals surface area contributed by atoms with Gasteiger partial charge in [0.25, 0.3) is 5.70 Å². The van der Waals surface area contributed by atoms with Gasteiger partial charge in [0.05, 0.1) is 4.92 Å². The van der Waals surface area contributed by atoms with Crippen molar-refractivity contribution in [3.05, 3.63) is 45.9 Å². The van der Waals surface area contributed by atoms with Crippen molar-refractivity contribution in [3.8, 4) is 0 Å². The van der Waals surface area contributed by atoms with E-state index in [0.29, 0.717) is 0 Å². The maximum atomic E-state index is 10.3. The molecule has 14 heavy (non-hydrogen) atoms. The number of aryl methyl sites for hydroxylation is 1. The molecule has 1 aromatic heterocycles. The minimum Gasteiger partial charge on any atom is -0.266 e. The third kappa shape index (κ3) is 2.95. The lowest BCUT2D eigenvalue weighted by Crippen LogP contribution is -2.72. The molecule has 5 heteroatoms. The third-order valence-corrected chi connectivity index (χ3v) is 1.69. The van der Waals surface area contributed by atoms with Crippen LogP contribution >= 0.6 is 0 Å².